The summed E-state index contributed by atoms with van der Waals surface area (Å²) in [5, 5.41) is 3.87. The lowest BCUT2D eigenvalue weighted by molar-refractivity contribution is 0.628. The van der Waals surface area contributed by atoms with Crippen molar-refractivity contribution in [3.8, 4) is 0 Å². The van der Waals surface area contributed by atoms with Crippen LogP contribution in [0.1, 0.15) is 0 Å². The van der Waals surface area contributed by atoms with E-state index in [0.717, 1.165) is 0 Å². The summed E-state index contributed by atoms with van der Waals surface area (Å²) in [6.07, 6.45) is 1.50. The summed E-state index contributed by atoms with van der Waals surface area (Å²) in [5.74, 6) is 0.192. The van der Waals surface area contributed by atoms with Gasteiger partial charge >= 0.3 is 0 Å². The van der Waals surface area contributed by atoms with Gasteiger partial charge in [-0.2, -0.15) is 0 Å². The zero-order valence-electron chi connectivity index (χ0n) is 8.05. The fourth-order valence-electron chi connectivity index (χ4n) is 1.18. The Morgan fingerprint density at radius 1 is 1.12 bits per heavy atom. The second-order valence-corrected chi connectivity index (χ2v) is 3.95. The van der Waals surface area contributed by atoms with Crippen LogP contribution < -0.4 is 5.32 Å². The van der Waals surface area contributed by atoms with E-state index in [1.165, 1.54) is 24.4 Å². The van der Waals surface area contributed by atoms with Crippen LogP contribution >= 0.6 is 23.2 Å². The van der Waals surface area contributed by atoms with E-state index in [1.54, 1.807) is 12.1 Å². The zero-order chi connectivity index (χ0) is 11.5. The fourth-order valence-corrected chi connectivity index (χ4v) is 1.46. The average Bonchev–Trinajstić information content (AvgIpc) is 2.27. The number of halogens is 3. The Kier molecular flexibility index (Phi) is 3.27. The summed E-state index contributed by atoms with van der Waals surface area (Å²) in [6.45, 7) is 0. The molecule has 0 aliphatic rings. The Bertz CT molecular complexity index is 500. The van der Waals surface area contributed by atoms with Crippen LogP contribution in [0.25, 0.3) is 0 Å². The molecule has 5 heteroatoms. The third kappa shape index (κ3) is 2.62. The van der Waals surface area contributed by atoms with E-state index in [0.29, 0.717) is 21.6 Å². The molecule has 16 heavy (non-hydrogen) atoms. The maximum Gasteiger partial charge on any atom is 0.130 e. The van der Waals surface area contributed by atoms with Crippen molar-refractivity contribution in [2.45, 2.75) is 0 Å². The first-order valence-corrected chi connectivity index (χ1v) is 5.24. The number of aromatic nitrogens is 1. The van der Waals surface area contributed by atoms with Gasteiger partial charge in [0.05, 0.1) is 15.7 Å². The second kappa shape index (κ2) is 4.68. The van der Waals surface area contributed by atoms with Crippen LogP contribution in [0.3, 0.4) is 0 Å². The van der Waals surface area contributed by atoms with Gasteiger partial charge in [0, 0.05) is 6.20 Å². The van der Waals surface area contributed by atoms with Crippen LogP contribution in [0, 0.1) is 5.82 Å². The molecular formula is C11H7Cl2FN2. The largest absolute Gasteiger partial charge is 0.339 e. The number of hydrogen-bond acceptors (Lipinski definition) is 2. The first-order valence-electron chi connectivity index (χ1n) is 4.49. The molecule has 2 aromatic rings. The predicted octanol–water partition coefficient (Wildman–Crippen LogP) is 4.27. The van der Waals surface area contributed by atoms with Crippen molar-refractivity contribution in [1.82, 2.24) is 4.98 Å². The lowest BCUT2D eigenvalue weighted by Gasteiger charge is -2.07. The Morgan fingerprint density at radius 3 is 2.62 bits per heavy atom. The number of anilines is 2. The molecule has 0 saturated heterocycles. The van der Waals surface area contributed by atoms with Gasteiger partial charge in [-0.3, -0.25) is 0 Å². The summed E-state index contributed by atoms with van der Waals surface area (Å²) in [4.78, 5) is 4.02. The van der Waals surface area contributed by atoms with Crippen molar-refractivity contribution in [1.29, 1.82) is 0 Å². The van der Waals surface area contributed by atoms with Crippen LogP contribution in [0.15, 0.2) is 36.5 Å². The third-order valence-electron chi connectivity index (χ3n) is 1.92. The van der Waals surface area contributed by atoms with E-state index in [1.807, 2.05) is 0 Å². The number of hydrogen-bond donors (Lipinski definition) is 1. The molecule has 2 rings (SSSR count). The van der Waals surface area contributed by atoms with Gasteiger partial charge in [0.1, 0.15) is 11.6 Å². The summed E-state index contributed by atoms with van der Waals surface area (Å²) in [5.41, 5.74) is 0.469. The quantitative estimate of drug-likeness (QED) is 0.868. The molecule has 0 saturated carbocycles. The van der Waals surface area contributed by atoms with Gasteiger partial charge in [-0.05, 0) is 30.3 Å². The summed E-state index contributed by atoms with van der Waals surface area (Å²) in [7, 11) is 0. The van der Waals surface area contributed by atoms with Crippen molar-refractivity contribution in [2.75, 3.05) is 5.32 Å². The van der Waals surface area contributed by atoms with Crippen molar-refractivity contribution in [3.05, 3.63) is 52.4 Å². The van der Waals surface area contributed by atoms with E-state index < -0.39 is 0 Å². The van der Waals surface area contributed by atoms with Gasteiger partial charge in [0.15, 0.2) is 0 Å². The summed E-state index contributed by atoms with van der Waals surface area (Å²) < 4.78 is 13.0. The molecule has 1 aromatic heterocycles. The molecule has 2 nitrogen and oxygen atoms in total. The van der Waals surface area contributed by atoms with E-state index in [-0.39, 0.29) is 5.82 Å². The number of nitrogens with zero attached hydrogens (tertiary/aromatic N) is 1. The number of nitrogens with one attached hydrogen (secondary N) is 1. The first-order chi connectivity index (χ1) is 7.65. The van der Waals surface area contributed by atoms with Crippen LogP contribution in [0.4, 0.5) is 15.9 Å². The number of rotatable bonds is 2. The molecule has 0 aliphatic carbocycles. The van der Waals surface area contributed by atoms with E-state index >= 15 is 0 Å². The summed E-state index contributed by atoms with van der Waals surface area (Å²) >= 11 is 11.6. The Hall–Kier alpha value is -1.32. The van der Waals surface area contributed by atoms with Gasteiger partial charge in [0.2, 0.25) is 0 Å². The maximum atomic E-state index is 13.0. The van der Waals surface area contributed by atoms with Crippen LogP contribution in [0.2, 0.25) is 10.0 Å². The standard InChI is InChI=1S/C11H7Cl2FN2/c12-7-1-4-11(15-6-7)16-10-5-8(14)2-3-9(10)13/h1-6H,(H,15,16). The molecule has 1 aromatic carbocycles. The van der Waals surface area contributed by atoms with E-state index in [2.05, 4.69) is 10.3 Å². The summed E-state index contributed by atoms with van der Waals surface area (Å²) in [6, 6.07) is 7.45. The third-order valence-corrected chi connectivity index (χ3v) is 2.47. The zero-order valence-corrected chi connectivity index (χ0v) is 9.56. The predicted molar refractivity (Wildman–Crippen MR) is 63.9 cm³/mol. The normalized spacial score (nSPS) is 10.2. The van der Waals surface area contributed by atoms with E-state index in [9.17, 15) is 4.39 Å². The molecule has 0 spiro atoms. The highest BCUT2D eigenvalue weighted by Gasteiger charge is 2.03. The van der Waals surface area contributed by atoms with Crippen LogP contribution in [-0.2, 0) is 0 Å². The molecule has 0 unspecified atom stereocenters. The minimum atomic E-state index is -0.360. The Morgan fingerprint density at radius 2 is 1.94 bits per heavy atom. The molecule has 1 N–H and O–H groups in total. The molecule has 1 heterocycles. The van der Waals surface area contributed by atoms with E-state index in [4.69, 9.17) is 23.2 Å². The average molecular weight is 257 g/mol. The van der Waals surface area contributed by atoms with Crippen molar-refractivity contribution >= 4 is 34.7 Å². The first kappa shape index (κ1) is 11.2. The minimum absolute atomic E-state index is 0.360. The maximum absolute atomic E-state index is 13.0. The minimum Gasteiger partial charge on any atom is -0.339 e. The van der Waals surface area contributed by atoms with Gasteiger partial charge in [-0.1, -0.05) is 23.2 Å². The monoisotopic (exact) mass is 256 g/mol. The lowest BCUT2D eigenvalue weighted by Crippen LogP contribution is -1.94. The van der Waals surface area contributed by atoms with Gasteiger partial charge in [-0.25, -0.2) is 9.37 Å². The number of benzene rings is 1. The van der Waals surface area contributed by atoms with Gasteiger partial charge in [-0.15, -0.1) is 0 Å². The van der Waals surface area contributed by atoms with Gasteiger partial charge < -0.3 is 5.32 Å². The highest BCUT2D eigenvalue weighted by molar-refractivity contribution is 6.33. The molecular weight excluding hydrogens is 250 g/mol. The highest BCUT2D eigenvalue weighted by Crippen LogP contribution is 2.25. The fraction of sp³-hybridized carbons (Fsp3) is 0. The Balaban J connectivity index is 2.26. The molecule has 0 bridgehead atoms. The molecule has 82 valence electrons. The van der Waals surface area contributed by atoms with Crippen molar-refractivity contribution in [3.63, 3.8) is 0 Å². The number of pyridine rings is 1. The Labute approximate surface area is 102 Å². The molecule has 0 radical (unpaired) electrons. The highest BCUT2D eigenvalue weighted by atomic mass is 35.5. The lowest BCUT2D eigenvalue weighted by atomic mass is 10.3. The molecule has 0 amide bonds. The van der Waals surface area contributed by atoms with Crippen molar-refractivity contribution in [2.24, 2.45) is 0 Å². The van der Waals surface area contributed by atoms with Crippen molar-refractivity contribution < 1.29 is 4.39 Å². The van der Waals surface area contributed by atoms with Gasteiger partial charge in [0.25, 0.3) is 0 Å². The smallest absolute Gasteiger partial charge is 0.130 e. The topological polar surface area (TPSA) is 24.9 Å². The molecule has 0 aliphatic heterocycles. The molecule has 0 fully saturated rings. The second-order valence-electron chi connectivity index (χ2n) is 3.11. The molecule has 0 atom stereocenters. The SMILES string of the molecule is Fc1ccc(Cl)c(Nc2ccc(Cl)cn2)c1. The van der Waals surface area contributed by atoms with Crippen LogP contribution in [0.5, 0.6) is 0 Å². The van der Waals surface area contributed by atoms with Crippen LogP contribution in [-0.4, -0.2) is 4.98 Å².